The molecule has 3 aromatic rings. The van der Waals surface area contributed by atoms with Crippen LogP contribution in [0.15, 0.2) is 82.3 Å². The summed E-state index contributed by atoms with van der Waals surface area (Å²) in [5, 5.41) is 2.78. The van der Waals surface area contributed by atoms with Crippen molar-refractivity contribution in [3.8, 4) is 0 Å². The highest BCUT2D eigenvalue weighted by Crippen LogP contribution is 2.26. The molecule has 36 heavy (non-hydrogen) atoms. The van der Waals surface area contributed by atoms with Crippen molar-refractivity contribution in [1.82, 2.24) is 14.5 Å². The zero-order valence-electron chi connectivity index (χ0n) is 20.7. The number of nitrogens with one attached hydrogen (secondary N) is 1. The highest BCUT2D eigenvalue weighted by atomic mass is 32.2. The van der Waals surface area contributed by atoms with E-state index in [1.165, 1.54) is 15.5 Å². The molecule has 1 saturated heterocycles. The second-order valence-corrected chi connectivity index (χ2v) is 11.8. The molecule has 190 valence electrons. The fourth-order valence-electron chi connectivity index (χ4n) is 4.17. The van der Waals surface area contributed by atoms with Crippen molar-refractivity contribution in [1.29, 1.82) is 0 Å². The van der Waals surface area contributed by atoms with Gasteiger partial charge in [-0.25, -0.2) is 8.42 Å². The Morgan fingerprint density at radius 3 is 2.28 bits per heavy atom. The van der Waals surface area contributed by atoms with Gasteiger partial charge in [0.25, 0.3) is 5.91 Å². The van der Waals surface area contributed by atoms with Crippen LogP contribution >= 0.6 is 0 Å². The first-order valence-electron chi connectivity index (χ1n) is 11.8. The minimum absolute atomic E-state index is 0.0872. The molecule has 0 radical (unpaired) electrons. The summed E-state index contributed by atoms with van der Waals surface area (Å²) in [6.07, 6.45) is 1.51. The molecule has 2 amide bonds. The second-order valence-electron chi connectivity index (χ2n) is 9.81. The van der Waals surface area contributed by atoms with E-state index in [0.29, 0.717) is 11.3 Å². The van der Waals surface area contributed by atoms with Crippen molar-refractivity contribution in [3.05, 3.63) is 89.9 Å². The second kappa shape index (κ2) is 10.3. The smallest absolute Gasteiger partial charge is 0.254 e. The van der Waals surface area contributed by atoms with Crippen molar-refractivity contribution in [2.45, 2.75) is 43.7 Å². The Bertz CT molecular complexity index is 1300. The molecule has 8 nitrogen and oxygen atoms in total. The van der Waals surface area contributed by atoms with E-state index in [0.717, 1.165) is 5.56 Å². The maximum atomic E-state index is 13.5. The Kier molecular flexibility index (Phi) is 7.33. The molecule has 1 N–H and O–H groups in total. The predicted molar refractivity (Wildman–Crippen MR) is 136 cm³/mol. The van der Waals surface area contributed by atoms with E-state index in [1.54, 1.807) is 54.6 Å². The number of piperazine rings is 1. The van der Waals surface area contributed by atoms with Crippen LogP contribution in [0.5, 0.6) is 0 Å². The van der Waals surface area contributed by atoms with E-state index in [4.69, 9.17) is 4.42 Å². The quantitative estimate of drug-likeness (QED) is 0.549. The summed E-state index contributed by atoms with van der Waals surface area (Å²) in [7, 11) is -3.87. The third-order valence-corrected chi connectivity index (χ3v) is 8.18. The number of furan rings is 1. The van der Waals surface area contributed by atoms with E-state index in [-0.39, 0.29) is 42.4 Å². The third-order valence-electron chi connectivity index (χ3n) is 6.30. The average Bonchev–Trinajstić information content (AvgIpc) is 3.40. The molecule has 0 aliphatic carbocycles. The number of benzene rings is 2. The maximum absolute atomic E-state index is 13.5. The number of hydrogen-bond donors (Lipinski definition) is 1. The summed E-state index contributed by atoms with van der Waals surface area (Å²) in [6.45, 7) is 6.35. The minimum atomic E-state index is -3.87. The molecule has 1 atom stereocenters. The van der Waals surface area contributed by atoms with E-state index < -0.39 is 22.0 Å². The lowest BCUT2D eigenvalue weighted by atomic mass is 9.87. The summed E-state index contributed by atoms with van der Waals surface area (Å²) in [6, 6.07) is 17.9. The third kappa shape index (κ3) is 5.52. The molecular weight excluding hydrogens is 478 g/mol. The van der Waals surface area contributed by atoms with E-state index >= 15 is 0 Å². The summed E-state index contributed by atoms with van der Waals surface area (Å²) < 4.78 is 33.5. The van der Waals surface area contributed by atoms with Gasteiger partial charge in [-0.3, -0.25) is 9.59 Å². The molecule has 0 spiro atoms. The molecule has 1 unspecified atom stereocenters. The zero-order valence-corrected chi connectivity index (χ0v) is 21.5. The number of sulfonamides is 1. The first-order chi connectivity index (χ1) is 17.1. The van der Waals surface area contributed by atoms with Gasteiger partial charge in [0, 0.05) is 25.2 Å². The molecule has 2 heterocycles. The number of rotatable bonds is 6. The topological polar surface area (TPSA) is 99.9 Å². The van der Waals surface area contributed by atoms with Gasteiger partial charge in [0.2, 0.25) is 15.9 Å². The molecule has 1 fully saturated rings. The van der Waals surface area contributed by atoms with Crippen LogP contribution in [0.2, 0.25) is 0 Å². The van der Waals surface area contributed by atoms with Crippen LogP contribution < -0.4 is 5.32 Å². The average molecular weight is 510 g/mol. The summed E-state index contributed by atoms with van der Waals surface area (Å²) in [5.74, 6) is -0.206. The van der Waals surface area contributed by atoms with Crippen molar-refractivity contribution in [2.75, 3.05) is 19.6 Å². The number of carbonyl (C=O) groups excluding carboxylic acids is 2. The number of hydrogen-bond acceptors (Lipinski definition) is 5. The molecule has 9 heteroatoms. The molecule has 2 aromatic carbocycles. The molecule has 0 saturated carbocycles. The Hall–Kier alpha value is -3.43. The van der Waals surface area contributed by atoms with Crippen LogP contribution in [-0.2, 0) is 26.8 Å². The lowest BCUT2D eigenvalue weighted by molar-refractivity contribution is -0.127. The molecular formula is C27H31N3O5S. The van der Waals surface area contributed by atoms with Crippen molar-refractivity contribution < 1.29 is 22.4 Å². The van der Waals surface area contributed by atoms with Crippen LogP contribution in [0.1, 0.15) is 42.5 Å². The predicted octanol–water partition coefficient (Wildman–Crippen LogP) is 3.41. The van der Waals surface area contributed by atoms with E-state index in [1.807, 2.05) is 12.1 Å². The molecule has 0 bridgehead atoms. The van der Waals surface area contributed by atoms with Gasteiger partial charge in [0.1, 0.15) is 11.8 Å². The van der Waals surface area contributed by atoms with Crippen LogP contribution in [0.3, 0.4) is 0 Å². The van der Waals surface area contributed by atoms with Gasteiger partial charge in [-0.05, 0) is 47.4 Å². The lowest BCUT2D eigenvalue weighted by Gasteiger charge is -2.40. The van der Waals surface area contributed by atoms with Gasteiger partial charge < -0.3 is 14.6 Å². The Balaban J connectivity index is 1.58. The molecule has 4 rings (SSSR count). The number of carbonyl (C=O) groups is 2. The number of nitrogens with zero attached hydrogens (tertiary/aromatic N) is 2. The van der Waals surface area contributed by atoms with Crippen LogP contribution in [0.4, 0.5) is 0 Å². The molecule has 1 aromatic heterocycles. The fourth-order valence-corrected chi connectivity index (χ4v) is 5.61. The van der Waals surface area contributed by atoms with E-state index in [9.17, 15) is 18.0 Å². The van der Waals surface area contributed by atoms with Gasteiger partial charge in [-0.1, -0.05) is 51.1 Å². The highest BCUT2D eigenvalue weighted by molar-refractivity contribution is 7.89. The maximum Gasteiger partial charge on any atom is 0.254 e. The lowest BCUT2D eigenvalue weighted by Crippen LogP contribution is -2.61. The van der Waals surface area contributed by atoms with Gasteiger partial charge >= 0.3 is 0 Å². The van der Waals surface area contributed by atoms with Gasteiger partial charge in [-0.2, -0.15) is 4.31 Å². The van der Waals surface area contributed by atoms with Crippen molar-refractivity contribution in [3.63, 3.8) is 0 Å². The minimum Gasteiger partial charge on any atom is -0.467 e. The van der Waals surface area contributed by atoms with Crippen LogP contribution in [-0.4, -0.2) is 55.1 Å². The van der Waals surface area contributed by atoms with Gasteiger partial charge in [0.05, 0.1) is 17.7 Å². The first-order valence-corrected chi connectivity index (χ1v) is 13.3. The fraction of sp³-hybridized carbons (Fsp3) is 0.333. The monoisotopic (exact) mass is 509 g/mol. The molecule has 1 aliphatic heterocycles. The Labute approximate surface area is 212 Å². The zero-order chi connectivity index (χ0) is 25.9. The van der Waals surface area contributed by atoms with Crippen molar-refractivity contribution >= 4 is 21.8 Å². The van der Waals surface area contributed by atoms with Crippen LogP contribution in [0.25, 0.3) is 0 Å². The summed E-state index contributed by atoms with van der Waals surface area (Å²) in [4.78, 5) is 28.1. The van der Waals surface area contributed by atoms with Crippen LogP contribution in [0, 0.1) is 0 Å². The summed E-state index contributed by atoms with van der Waals surface area (Å²) >= 11 is 0. The van der Waals surface area contributed by atoms with Gasteiger partial charge in [-0.15, -0.1) is 0 Å². The van der Waals surface area contributed by atoms with E-state index in [2.05, 4.69) is 26.1 Å². The van der Waals surface area contributed by atoms with Crippen molar-refractivity contribution in [2.24, 2.45) is 0 Å². The standard InChI is InChI=1S/C27H31N3O5S/c1-27(2,3)21-11-13-23(14-12-21)36(33,34)29-15-16-30(26(32)20-8-5-4-6-9-20)24(19-29)25(31)28-18-22-10-7-17-35-22/h4-14,17,24H,15-16,18-19H2,1-3H3,(H,28,31). The highest BCUT2D eigenvalue weighted by Gasteiger charge is 2.40. The molecule has 1 aliphatic rings. The SMILES string of the molecule is CC(C)(C)c1ccc(S(=O)(=O)N2CCN(C(=O)c3ccccc3)C(C(=O)NCc3ccco3)C2)cc1. The normalized spacial score (nSPS) is 17.1. The largest absolute Gasteiger partial charge is 0.467 e. The Morgan fingerprint density at radius 2 is 1.67 bits per heavy atom. The summed E-state index contributed by atoms with van der Waals surface area (Å²) in [5.41, 5.74) is 1.36. The number of amides is 2. The van der Waals surface area contributed by atoms with Gasteiger partial charge in [0.15, 0.2) is 0 Å². The first kappa shape index (κ1) is 25.7. The Morgan fingerprint density at radius 1 is 0.972 bits per heavy atom.